The highest BCUT2D eigenvalue weighted by Gasteiger charge is 2.12. The molecule has 0 saturated heterocycles. The predicted octanol–water partition coefficient (Wildman–Crippen LogP) is 2.82. The van der Waals surface area contributed by atoms with Gasteiger partial charge in [0.2, 0.25) is 0 Å². The molecule has 0 atom stereocenters. The van der Waals surface area contributed by atoms with Crippen LogP contribution in [-0.2, 0) is 0 Å². The molecule has 2 aromatic rings. The molecule has 0 amide bonds. The fourth-order valence-electron chi connectivity index (χ4n) is 1.85. The van der Waals surface area contributed by atoms with Crippen molar-refractivity contribution in [2.45, 2.75) is 12.8 Å². The van der Waals surface area contributed by atoms with Gasteiger partial charge in [0.05, 0.1) is 6.61 Å². The monoisotopic (exact) mass is 285 g/mol. The Hall–Kier alpha value is -2.69. The van der Waals surface area contributed by atoms with E-state index < -0.39 is 5.97 Å². The molecule has 0 aliphatic rings. The van der Waals surface area contributed by atoms with Crippen LogP contribution in [0.3, 0.4) is 0 Å². The van der Waals surface area contributed by atoms with Gasteiger partial charge in [-0.15, -0.1) is 0 Å². The smallest absolute Gasteiger partial charge is 0.358 e. The summed E-state index contributed by atoms with van der Waals surface area (Å²) in [4.78, 5) is 26.6. The van der Waals surface area contributed by atoms with Crippen molar-refractivity contribution in [1.82, 2.24) is 4.98 Å². The van der Waals surface area contributed by atoms with Gasteiger partial charge in [0.25, 0.3) is 0 Å². The first-order valence-corrected chi connectivity index (χ1v) is 6.58. The standard InChI is InChI=1S/C16H15NO4/c18-13(12-6-2-1-3-7-12)8-5-11-21-14-9-4-10-17-15(14)16(19)20/h1-4,6-7,9-10H,5,8,11H2,(H,19,20). The van der Waals surface area contributed by atoms with Gasteiger partial charge in [0.15, 0.2) is 17.2 Å². The number of carboxylic acids is 1. The summed E-state index contributed by atoms with van der Waals surface area (Å²) < 4.78 is 5.39. The van der Waals surface area contributed by atoms with Crippen LogP contribution < -0.4 is 4.74 Å². The van der Waals surface area contributed by atoms with Crippen molar-refractivity contribution < 1.29 is 19.4 Å². The Morgan fingerprint density at radius 3 is 2.57 bits per heavy atom. The molecule has 0 unspecified atom stereocenters. The number of carboxylic acid groups (broad SMARTS) is 1. The Morgan fingerprint density at radius 2 is 1.86 bits per heavy atom. The summed E-state index contributed by atoms with van der Waals surface area (Å²) in [7, 11) is 0. The molecule has 0 bridgehead atoms. The second kappa shape index (κ2) is 7.19. The van der Waals surface area contributed by atoms with Gasteiger partial charge in [-0.2, -0.15) is 0 Å². The summed E-state index contributed by atoms with van der Waals surface area (Å²) in [6.45, 7) is 0.268. The van der Waals surface area contributed by atoms with E-state index in [0.29, 0.717) is 18.4 Å². The van der Waals surface area contributed by atoms with Gasteiger partial charge in [-0.25, -0.2) is 9.78 Å². The van der Waals surface area contributed by atoms with E-state index in [0.717, 1.165) is 0 Å². The Kier molecular flexibility index (Phi) is 5.04. The molecule has 0 saturated carbocycles. The van der Waals surface area contributed by atoms with Crippen LogP contribution in [0, 0.1) is 0 Å². The van der Waals surface area contributed by atoms with Gasteiger partial charge < -0.3 is 9.84 Å². The van der Waals surface area contributed by atoms with Crippen LogP contribution in [0.5, 0.6) is 5.75 Å². The first-order valence-electron chi connectivity index (χ1n) is 6.58. The molecule has 1 aromatic carbocycles. The molecule has 1 N–H and O–H groups in total. The number of aromatic carboxylic acids is 1. The molecular weight excluding hydrogens is 270 g/mol. The summed E-state index contributed by atoms with van der Waals surface area (Å²) in [6.07, 6.45) is 2.27. The second-order valence-electron chi connectivity index (χ2n) is 4.40. The zero-order chi connectivity index (χ0) is 15.1. The van der Waals surface area contributed by atoms with Crippen LogP contribution in [0.1, 0.15) is 33.7 Å². The highest BCUT2D eigenvalue weighted by molar-refractivity contribution is 5.95. The maximum Gasteiger partial charge on any atom is 0.358 e. The third kappa shape index (κ3) is 4.14. The Balaban J connectivity index is 1.83. The van der Waals surface area contributed by atoms with Gasteiger partial charge in [0, 0.05) is 18.2 Å². The lowest BCUT2D eigenvalue weighted by Gasteiger charge is -2.07. The van der Waals surface area contributed by atoms with Gasteiger partial charge in [-0.05, 0) is 18.6 Å². The average molecular weight is 285 g/mol. The number of pyridine rings is 1. The molecule has 5 nitrogen and oxygen atoms in total. The van der Waals surface area contributed by atoms with Crippen LogP contribution >= 0.6 is 0 Å². The number of Topliss-reactive ketones (excluding diaryl/α,β-unsaturated/α-hetero) is 1. The minimum atomic E-state index is -1.13. The largest absolute Gasteiger partial charge is 0.491 e. The number of carbonyl (C=O) groups excluding carboxylic acids is 1. The molecule has 0 fully saturated rings. The van der Waals surface area contributed by atoms with Gasteiger partial charge >= 0.3 is 5.97 Å². The van der Waals surface area contributed by atoms with Crippen molar-refractivity contribution in [2.75, 3.05) is 6.61 Å². The molecule has 0 radical (unpaired) electrons. The SMILES string of the molecule is O=C(CCCOc1cccnc1C(=O)O)c1ccccc1. The third-order valence-electron chi connectivity index (χ3n) is 2.87. The topological polar surface area (TPSA) is 76.5 Å². The maximum absolute atomic E-state index is 11.9. The van der Waals surface area contributed by atoms with Crippen molar-refractivity contribution in [2.24, 2.45) is 0 Å². The molecule has 21 heavy (non-hydrogen) atoms. The van der Waals surface area contributed by atoms with Gasteiger partial charge in [-0.1, -0.05) is 30.3 Å². The number of ketones is 1. The van der Waals surface area contributed by atoms with Crippen LogP contribution in [0.15, 0.2) is 48.7 Å². The van der Waals surface area contributed by atoms with Crippen LogP contribution in [-0.4, -0.2) is 28.4 Å². The summed E-state index contributed by atoms with van der Waals surface area (Å²) in [5, 5.41) is 8.96. The fourth-order valence-corrected chi connectivity index (χ4v) is 1.85. The maximum atomic E-state index is 11.9. The van der Waals surface area contributed by atoms with E-state index in [1.165, 1.54) is 6.20 Å². The van der Waals surface area contributed by atoms with E-state index in [4.69, 9.17) is 9.84 Å². The number of aromatic nitrogens is 1. The van der Waals surface area contributed by atoms with Crippen molar-refractivity contribution in [3.8, 4) is 5.75 Å². The number of benzene rings is 1. The predicted molar refractivity (Wildman–Crippen MR) is 76.7 cm³/mol. The lowest BCUT2D eigenvalue weighted by Crippen LogP contribution is -2.08. The first-order chi connectivity index (χ1) is 10.2. The highest BCUT2D eigenvalue weighted by atomic mass is 16.5. The molecule has 2 rings (SSSR count). The third-order valence-corrected chi connectivity index (χ3v) is 2.87. The van der Waals surface area contributed by atoms with E-state index in [1.807, 2.05) is 18.2 Å². The molecule has 1 heterocycles. The van der Waals surface area contributed by atoms with E-state index in [9.17, 15) is 9.59 Å². The van der Waals surface area contributed by atoms with E-state index >= 15 is 0 Å². The number of hydrogen-bond acceptors (Lipinski definition) is 4. The zero-order valence-corrected chi connectivity index (χ0v) is 11.4. The van der Waals surface area contributed by atoms with E-state index in [-0.39, 0.29) is 23.8 Å². The van der Waals surface area contributed by atoms with E-state index in [2.05, 4.69) is 4.98 Å². The summed E-state index contributed by atoms with van der Waals surface area (Å²) >= 11 is 0. The Bertz CT molecular complexity index is 625. The minimum Gasteiger partial charge on any atom is -0.491 e. The Morgan fingerprint density at radius 1 is 1.10 bits per heavy atom. The number of hydrogen-bond donors (Lipinski definition) is 1. The van der Waals surface area contributed by atoms with E-state index in [1.54, 1.807) is 24.3 Å². The first kappa shape index (κ1) is 14.7. The Labute approximate surface area is 122 Å². The van der Waals surface area contributed by atoms with Crippen molar-refractivity contribution >= 4 is 11.8 Å². The van der Waals surface area contributed by atoms with Crippen LogP contribution in [0.4, 0.5) is 0 Å². The van der Waals surface area contributed by atoms with Gasteiger partial charge in [0.1, 0.15) is 0 Å². The normalized spacial score (nSPS) is 10.1. The lowest BCUT2D eigenvalue weighted by molar-refractivity contribution is 0.0684. The zero-order valence-electron chi connectivity index (χ0n) is 11.4. The molecule has 0 aliphatic heterocycles. The van der Waals surface area contributed by atoms with Gasteiger partial charge in [-0.3, -0.25) is 4.79 Å². The highest BCUT2D eigenvalue weighted by Crippen LogP contribution is 2.15. The molecule has 0 aliphatic carbocycles. The number of rotatable bonds is 7. The average Bonchev–Trinajstić information content (AvgIpc) is 2.52. The molecule has 108 valence electrons. The second-order valence-corrected chi connectivity index (χ2v) is 4.40. The lowest BCUT2D eigenvalue weighted by atomic mass is 10.1. The molecule has 0 spiro atoms. The van der Waals surface area contributed by atoms with Crippen LogP contribution in [0.2, 0.25) is 0 Å². The summed E-state index contributed by atoms with van der Waals surface area (Å²) in [6, 6.07) is 12.2. The number of ether oxygens (including phenoxy) is 1. The minimum absolute atomic E-state index is 0.0452. The summed E-state index contributed by atoms with van der Waals surface area (Å²) in [5.41, 5.74) is 0.553. The molecule has 1 aromatic heterocycles. The summed E-state index contributed by atoms with van der Waals surface area (Å²) in [5.74, 6) is -0.869. The fraction of sp³-hybridized carbons (Fsp3) is 0.188. The van der Waals surface area contributed by atoms with Crippen molar-refractivity contribution in [1.29, 1.82) is 0 Å². The van der Waals surface area contributed by atoms with Crippen LogP contribution in [0.25, 0.3) is 0 Å². The molecule has 5 heteroatoms. The quantitative estimate of drug-likeness (QED) is 0.625. The van der Waals surface area contributed by atoms with Crippen molar-refractivity contribution in [3.05, 3.63) is 59.9 Å². The molecular formula is C16H15NO4. The number of nitrogens with zero attached hydrogens (tertiary/aromatic N) is 1. The number of carbonyl (C=O) groups is 2. The van der Waals surface area contributed by atoms with Crippen molar-refractivity contribution in [3.63, 3.8) is 0 Å².